The van der Waals surface area contributed by atoms with Gasteiger partial charge in [0.1, 0.15) is 12.6 Å². The molecule has 202 valence electrons. The Morgan fingerprint density at radius 3 is 2.05 bits per heavy atom. The van der Waals surface area contributed by atoms with Crippen molar-refractivity contribution >= 4 is 62.3 Å². The van der Waals surface area contributed by atoms with Crippen LogP contribution < -0.4 is 9.62 Å². The quantitative estimate of drug-likeness (QED) is 0.321. The molecule has 1 unspecified atom stereocenters. The van der Waals surface area contributed by atoms with E-state index in [4.69, 9.17) is 34.8 Å². The average molecular weight is 597 g/mol. The van der Waals surface area contributed by atoms with Crippen molar-refractivity contribution in [2.24, 2.45) is 0 Å². The number of sulfonamides is 1. The Morgan fingerprint density at radius 2 is 1.47 bits per heavy atom. The number of hydrogen-bond acceptors (Lipinski definition) is 4. The maximum absolute atomic E-state index is 13.8. The van der Waals surface area contributed by atoms with Gasteiger partial charge in [-0.1, -0.05) is 59.1 Å². The molecule has 0 spiro atoms. The first-order chi connectivity index (χ1) is 17.9. The second-order valence-corrected chi connectivity index (χ2v) is 12.0. The number of halogens is 3. The summed E-state index contributed by atoms with van der Waals surface area (Å²) in [6.07, 6.45) is 0. The first-order valence-corrected chi connectivity index (χ1v) is 14.3. The van der Waals surface area contributed by atoms with Crippen molar-refractivity contribution in [3.05, 3.63) is 93.4 Å². The van der Waals surface area contributed by atoms with E-state index in [1.165, 1.54) is 29.2 Å². The van der Waals surface area contributed by atoms with Gasteiger partial charge in [0.2, 0.25) is 11.8 Å². The molecule has 3 rings (SSSR count). The molecule has 3 aromatic rings. The number of benzene rings is 3. The maximum atomic E-state index is 13.8. The van der Waals surface area contributed by atoms with Crippen LogP contribution in [0.2, 0.25) is 15.1 Å². The minimum atomic E-state index is -4.15. The van der Waals surface area contributed by atoms with Crippen LogP contribution in [0.1, 0.15) is 26.3 Å². The maximum Gasteiger partial charge on any atom is 0.264 e. The van der Waals surface area contributed by atoms with Crippen LogP contribution in [0, 0.1) is 0 Å². The van der Waals surface area contributed by atoms with Gasteiger partial charge in [-0.05, 0) is 74.9 Å². The predicted octanol–water partition coefficient (Wildman–Crippen LogP) is 5.78. The molecular weight excluding hydrogens is 569 g/mol. The minimum absolute atomic E-state index is 0.0145. The molecule has 2 amide bonds. The SMILES string of the molecule is CC(C)NC(=O)C(C)N(Cc1ccc(Cl)cc1Cl)C(=O)CN(c1ccc(Cl)cc1)S(=O)(=O)c1ccccc1. The standard InChI is InChI=1S/C27H28Cl3N3O4S/c1-18(2)31-27(35)19(3)32(16-20-9-10-22(29)15-25(20)30)26(34)17-33(23-13-11-21(28)12-14-23)38(36,37)24-7-5-4-6-8-24/h4-15,18-19H,16-17H2,1-3H3,(H,31,35). The van der Waals surface area contributed by atoms with Crippen molar-refractivity contribution in [1.82, 2.24) is 10.2 Å². The van der Waals surface area contributed by atoms with Gasteiger partial charge in [-0.3, -0.25) is 13.9 Å². The third-order valence-corrected chi connectivity index (χ3v) is 8.31. The van der Waals surface area contributed by atoms with E-state index in [2.05, 4.69) is 5.32 Å². The molecule has 1 N–H and O–H groups in total. The van der Waals surface area contributed by atoms with Crippen molar-refractivity contribution in [1.29, 1.82) is 0 Å². The van der Waals surface area contributed by atoms with E-state index in [9.17, 15) is 18.0 Å². The molecule has 3 aromatic carbocycles. The molecule has 0 fully saturated rings. The first-order valence-electron chi connectivity index (χ1n) is 11.8. The molecule has 0 aliphatic rings. The molecule has 0 saturated carbocycles. The van der Waals surface area contributed by atoms with Crippen molar-refractivity contribution in [3.8, 4) is 0 Å². The monoisotopic (exact) mass is 595 g/mol. The summed E-state index contributed by atoms with van der Waals surface area (Å²) in [5, 5.41) is 3.95. The zero-order chi connectivity index (χ0) is 28.0. The Morgan fingerprint density at radius 1 is 0.868 bits per heavy atom. The van der Waals surface area contributed by atoms with E-state index in [1.807, 2.05) is 13.8 Å². The number of carbonyl (C=O) groups is 2. The fourth-order valence-corrected chi connectivity index (χ4v) is 5.71. The molecule has 38 heavy (non-hydrogen) atoms. The van der Waals surface area contributed by atoms with Crippen molar-refractivity contribution in [2.75, 3.05) is 10.8 Å². The largest absolute Gasteiger partial charge is 0.352 e. The normalized spacial score (nSPS) is 12.2. The molecule has 0 heterocycles. The van der Waals surface area contributed by atoms with E-state index in [1.54, 1.807) is 55.5 Å². The molecule has 0 saturated heterocycles. The summed E-state index contributed by atoms with van der Waals surface area (Å²) in [6.45, 7) is 4.59. The number of amides is 2. The zero-order valence-corrected chi connectivity index (χ0v) is 24.2. The number of hydrogen-bond donors (Lipinski definition) is 1. The molecule has 0 aromatic heterocycles. The zero-order valence-electron chi connectivity index (χ0n) is 21.1. The molecule has 1 atom stereocenters. The van der Waals surface area contributed by atoms with Crippen LogP contribution in [0.4, 0.5) is 5.69 Å². The van der Waals surface area contributed by atoms with Crippen molar-refractivity contribution in [3.63, 3.8) is 0 Å². The van der Waals surface area contributed by atoms with Crippen LogP contribution in [-0.2, 0) is 26.2 Å². The van der Waals surface area contributed by atoms with Crippen LogP contribution in [0.5, 0.6) is 0 Å². The van der Waals surface area contributed by atoms with Gasteiger partial charge in [0, 0.05) is 27.7 Å². The van der Waals surface area contributed by atoms with Gasteiger partial charge in [0.25, 0.3) is 10.0 Å². The molecule has 0 aliphatic carbocycles. The summed E-state index contributed by atoms with van der Waals surface area (Å²) in [4.78, 5) is 28.1. The smallest absolute Gasteiger partial charge is 0.264 e. The van der Waals surface area contributed by atoms with E-state index in [0.29, 0.717) is 20.6 Å². The molecule has 0 aliphatic heterocycles. The number of rotatable bonds is 10. The van der Waals surface area contributed by atoms with Gasteiger partial charge >= 0.3 is 0 Å². The van der Waals surface area contributed by atoms with Gasteiger partial charge in [0.15, 0.2) is 0 Å². The summed E-state index contributed by atoms with van der Waals surface area (Å²) in [7, 11) is -4.15. The van der Waals surface area contributed by atoms with Crippen molar-refractivity contribution < 1.29 is 18.0 Å². The Balaban J connectivity index is 2.03. The number of anilines is 1. The Hall–Kier alpha value is -2.78. The van der Waals surface area contributed by atoms with Gasteiger partial charge in [-0.2, -0.15) is 0 Å². The highest BCUT2D eigenvalue weighted by molar-refractivity contribution is 7.92. The summed E-state index contributed by atoms with van der Waals surface area (Å²) < 4.78 is 28.4. The molecule has 0 radical (unpaired) electrons. The summed E-state index contributed by atoms with van der Waals surface area (Å²) in [5.41, 5.74) is 0.799. The van der Waals surface area contributed by atoms with E-state index >= 15 is 0 Å². The fourth-order valence-electron chi connectivity index (χ4n) is 3.68. The van der Waals surface area contributed by atoms with E-state index in [0.717, 1.165) is 4.31 Å². The highest BCUT2D eigenvalue weighted by Crippen LogP contribution is 2.27. The third-order valence-electron chi connectivity index (χ3n) is 5.68. The van der Waals surface area contributed by atoms with Crippen LogP contribution in [0.15, 0.2) is 77.7 Å². The number of nitrogens with one attached hydrogen (secondary N) is 1. The second-order valence-electron chi connectivity index (χ2n) is 8.90. The van der Waals surface area contributed by atoms with Gasteiger partial charge in [-0.15, -0.1) is 0 Å². The molecule has 0 bridgehead atoms. The lowest BCUT2D eigenvalue weighted by Gasteiger charge is -2.32. The lowest BCUT2D eigenvalue weighted by atomic mass is 10.1. The Bertz CT molecular complexity index is 1380. The Labute approximate surface area is 238 Å². The highest BCUT2D eigenvalue weighted by Gasteiger charge is 2.32. The van der Waals surface area contributed by atoms with Gasteiger partial charge in [-0.25, -0.2) is 8.42 Å². The lowest BCUT2D eigenvalue weighted by molar-refractivity contribution is -0.139. The van der Waals surface area contributed by atoms with Gasteiger partial charge < -0.3 is 10.2 Å². The van der Waals surface area contributed by atoms with Crippen LogP contribution in [0.3, 0.4) is 0 Å². The van der Waals surface area contributed by atoms with Crippen LogP contribution >= 0.6 is 34.8 Å². The number of nitrogens with zero attached hydrogens (tertiary/aromatic N) is 2. The van der Waals surface area contributed by atoms with E-state index < -0.39 is 28.5 Å². The summed E-state index contributed by atoms with van der Waals surface area (Å²) >= 11 is 18.4. The topological polar surface area (TPSA) is 86.8 Å². The number of carbonyl (C=O) groups excluding carboxylic acids is 2. The minimum Gasteiger partial charge on any atom is -0.352 e. The molecular formula is C27H28Cl3N3O4S. The Kier molecular flexibility index (Phi) is 10.1. The average Bonchev–Trinajstić information content (AvgIpc) is 2.87. The fraction of sp³-hybridized carbons (Fsp3) is 0.259. The predicted molar refractivity (Wildman–Crippen MR) is 152 cm³/mol. The molecule has 7 nitrogen and oxygen atoms in total. The lowest BCUT2D eigenvalue weighted by Crippen LogP contribution is -2.52. The third kappa shape index (κ3) is 7.41. The summed E-state index contributed by atoms with van der Waals surface area (Å²) in [6, 6.07) is 17.7. The van der Waals surface area contributed by atoms with Crippen molar-refractivity contribution in [2.45, 2.75) is 44.3 Å². The first kappa shape index (κ1) is 29.8. The highest BCUT2D eigenvalue weighted by atomic mass is 35.5. The van der Waals surface area contributed by atoms with Crippen LogP contribution in [0.25, 0.3) is 0 Å². The summed E-state index contributed by atoms with van der Waals surface area (Å²) in [5.74, 6) is -0.987. The second kappa shape index (κ2) is 12.8. The van der Waals surface area contributed by atoms with Gasteiger partial charge in [0.05, 0.1) is 10.6 Å². The van der Waals surface area contributed by atoms with Crippen LogP contribution in [-0.4, -0.2) is 43.8 Å². The molecule has 11 heteroatoms. The van der Waals surface area contributed by atoms with E-state index in [-0.39, 0.29) is 29.1 Å².